The fourth-order valence-corrected chi connectivity index (χ4v) is 5.62. The van der Waals surface area contributed by atoms with Crippen molar-refractivity contribution in [2.45, 2.75) is 66.1 Å². The molecule has 6 nitrogen and oxygen atoms in total. The molecule has 33 heavy (non-hydrogen) atoms. The van der Waals surface area contributed by atoms with Crippen LogP contribution >= 0.6 is 11.3 Å². The second kappa shape index (κ2) is 9.61. The van der Waals surface area contributed by atoms with Gasteiger partial charge in [-0.3, -0.25) is 0 Å². The number of anilines is 1. The Balaban J connectivity index is 2.57. The first-order valence-corrected chi connectivity index (χ1v) is 12.1. The first-order valence-electron chi connectivity index (χ1n) is 11.2. The van der Waals surface area contributed by atoms with Gasteiger partial charge in [0.1, 0.15) is 4.83 Å². The Labute approximate surface area is 199 Å². The first-order chi connectivity index (χ1) is 15.6. The summed E-state index contributed by atoms with van der Waals surface area (Å²) < 4.78 is 6.11. The van der Waals surface area contributed by atoms with Gasteiger partial charge in [0, 0.05) is 51.6 Å². The highest BCUT2D eigenvalue weighted by Crippen LogP contribution is 2.45. The number of nitrogens with one attached hydrogen (secondary N) is 2. The second-order valence-corrected chi connectivity index (χ2v) is 10.1. The number of fused-ring (bicyclic) bond motifs is 1. The van der Waals surface area contributed by atoms with Crippen molar-refractivity contribution in [1.82, 2.24) is 4.98 Å². The summed E-state index contributed by atoms with van der Waals surface area (Å²) in [5.74, 6) is -1.06. The minimum Gasteiger partial charge on any atom is -0.479 e. The summed E-state index contributed by atoms with van der Waals surface area (Å²) in [6, 6.07) is 5.80. The highest BCUT2D eigenvalue weighted by Gasteiger charge is 2.34. The third-order valence-electron chi connectivity index (χ3n) is 5.67. The number of benzene rings is 1. The molecule has 176 valence electrons. The van der Waals surface area contributed by atoms with Crippen LogP contribution in [0, 0.1) is 12.3 Å². The van der Waals surface area contributed by atoms with Crippen molar-refractivity contribution < 1.29 is 14.6 Å². The van der Waals surface area contributed by atoms with Crippen LogP contribution in [0.15, 0.2) is 18.2 Å². The van der Waals surface area contributed by atoms with Crippen LogP contribution in [-0.2, 0) is 22.4 Å². The van der Waals surface area contributed by atoms with E-state index in [2.05, 4.69) is 19.2 Å². The Kier molecular flexibility index (Phi) is 7.24. The highest BCUT2D eigenvalue weighted by atomic mass is 32.1. The molecule has 0 saturated heterocycles. The summed E-state index contributed by atoms with van der Waals surface area (Å²) in [5, 5.41) is 22.6. The van der Waals surface area contributed by atoms with E-state index in [4.69, 9.17) is 15.1 Å². The summed E-state index contributed by atoms with van der Waals surface area (Å²) in [4.78, 5) is 19.6. The van der Waals surface area contributed by atoms with Crippen LogP contribution in [0.4, 0.5) is 5.69 Å². The van der Waals surface area contributed by atoms with Gasteiger partial charge in [-0.25, -0.2) is 9.78 Å². The number of aryl methyl sites for hydroxylation is 3. The second-order valence-electron chi connectivity index (χ2n) is 8.99. The van der Waals surface area contributed by atoms with Gasteiger partial charge < -0.3 is 20.6 Å². The molecule has 0 fully saturated rings. The summed E-state index contributed by atoms with van der Waals surface area (Å²) in [6.45, 7) is 11.7. The number of aliphatic carboxylic acids is 1. The Hall–Kier alpha value is -2.77. The molecular weight excluding hydrogens is 434 g/mol. The van der Waals surface area contributed by atoms with Gasteiger partial charge in [-0.05, 0) is 57.7 Å². The van der Waals surface area contributed by atoms with Gasteiger partial charge >= 0.3 is 5.97 Å². The average Bonchev–Trinajstić information content (AvgIpc) is 3.12. The molecule has 0 aliphatic heterocycles. The van der Waals surface area contributed by atoms with E-state index in [9.17, 15) is 9.90 Å². The smallest absolute Gasteiger partial charge is 0.337 e. The summed E-state index contributed by atoms with van der Waals surface area (Å²) in [5.41, 5.74) is 4.83. The van der Waals surface area contributed by atoms with Gasteiger partial charge in [0.15, 0.2) is 6.10 Å². The molecule has 7 heteroatoms. The molecular formula is C26H33N3O3S. The quantitative estimate of drug-likeness (QED) is 0.334. The number of rotatable bonds is 8. The molecule has 3 N–H and O–H groups in total. The third-order valence-corrected chi connectivity index (χ3v) is 6.94. The normalized spacial score (nSPS) is 12.7. The molecule has 2 heterocycles. The molecule has 0 aliphatic carbocycles. The van der Waals surface area contributed by atoms with Crippen molar-refractivity contribution in [1.29, 1.82) is 5.41 Å². The fourth-order valence-electron chi connectivity index (χ4n) is 4.37. The molecule has 1 atom stereocenters. The third kappa shape index (κ3) is 4.66. The zero-order chi connectivity index (χ0) is 24.5. The summed E-state index contributed by atoms with van der Waals surface area (Å²) in [6.07, 6.45) is 1.82. The standard InChI is InChI=1S/C26H33N3O3S/c1-8-15-19(9-2)33-24-22(15)21(16-11-10-12-18(28-7)17(16)13-27)20(14(3)29-24)23(25(30)31)32-26(4,5)6/h10-13,23,27-28H,8-9H2,1-7H3,(H,30,31). The molecule has 0 spiro atoms. The van der Waals surface area contributed by atoms with Crippen molar-refractivity contribution in [2.75, 3.05) is 12.4 Å². The van der Waals surface area contributed by atoms with Gasteiger partial charge in [-0.1, -0.05) is 26.0 Å². The average molecular weight is 468 g/mol. The van der Waals surface area contributed by atoms with E-state index in [1.165, 1.54) is 16.7 Å². The van der Waals surface area contributed by atoms with Gasteiger partial charge in [0.25, 0.3) is 0 Å². The maximum atomic E-state index is 12.5. The van der Waals surface area contributed by atoms with Gasteiger partial charge in [-0.15, -0.1) is 11.3 Å². The van der Waals surface area contributed by atoms with Crippen LogP contribution in [-0.4, -0.2) is 34.9 Å². The van der Waals surface area contributed by atoms with Crippen LogP contribution < -0.4 is 5.32 Å². The number of aromatic nitrogens is 1. The van der Waals surface area contributed by atoms with Crippen molar-refractivity contribution in [3.05, 3.63) is 45.5 Å². The van der Waals surface area contributed by atoms with Gasteiger partial charge in [0.2, 0.25) is 0 Å². The predicted molar refractivity (Wildman–Crippen MR) is 137 cm³/mol. The topological polar surface area (TPSA) is 95.3 Å². The molecule has 0 bridgehead atoms. The molecule has 3 rings (SSSR count). The lowest BCUT2D eigenvalue weighted by molar-refractivity contribution is -0.160. The van der Waals surface area contributed by atoms with E-state index < -0.39 is 17.7 Å². The summed E-state index contributed by atoms with van der Waals surface area (Å²) in [7, 11) is 1.82. The van der Waals surface area contributed by atoms with Crippen LogP contribution in [0.3, 0.4) is 0 Å². The van der Waals surface area contributed by atoms with E-state index in [0.29, 0.717) is 16.8 Å². The van der Waals surface area contributed by atoms with Crippen molar-refractivity contribution in [2.24, 2.45) is 0 Å². The van der Waals surface area contributed by atoms with Crippen molar-refractivity contribution in [3.8, 4) is 11.1 Å². The number of carboxylic acid groups (broad SMARTS) is 1. The molecule has 0 saturated carbocycles. The minimum absolute atomic E-state index is 0.552. The largest absolute Gasteiger partial charge is 0.479 e. The van der Waals surface area contributed by atoms with E-state index >= 15 is 0 Å². The van der Waals surface area contributed by atoms with E-state index in [1.807, 2.05) is 52.9 Å². The summed E-state index contributed by atoms with van der Waals surface area (Å²) >= 11 is 1.66. The number of carboxylic acids is 1. The van der Waals surface area contributed by atoms with E-state index in [1.54, 1.807) is 11.3 Å². The van der Waals surface area contributed by atoms with E-state index in [0.717, 1.165) is 39.9 Å². The Bertz CT molecular complexity index is 1210. The zero-order valence-corrected chi connectivity index (χ0v) is 21.2. The monoisotopic (exact) mass is 467 g/mol. The highest BCUT2D eigenvalue weighted by molar-refractivity contribution is 7.19. The first kappa shape index (κ1) is 24.9. The lowest BCUT2D eigenvalue weighted by atomic mass is 9.87. The molecule has 1 aromatic carbocycles. The number of nitrogens with zero attached hydrogens (tertiary/aromatic N) is 1. The molecule has 0 radical (unpaired) electrons. The Morgan fingerprint density at radius 3 is 2.52 bits per heavy atom. The maximum absolute atomic E-state index is 12.5. The number of carbonyl (C=O) groups is 1. The van der Waals surface area contributed by atoms with Gasteiger partial charge in [0.05, 0.1) is 5.60 Å². The predicted octanol–water partition coefficient (Wildman–Crippen LogP) is 6.38. The van der Waals surface area contributed by atoms with Crippen molar-refractivity contribution in [3.63, 3.8) is 0 Å². The minimum atomic E-state index is -1.19. The zero-order valence-electron chi connectivity index (χ0n) is 20.4. The Morgan fingerprint density at radius 2 is 2.00 bits per heavy atom. The van der Waals surface area contributed by atoms with Crippen molar-refractivity contribution >= 4 is 39.4 Å². The lowest BCUT2D eigenvalue weighted by Crippen LogP contribution is -2.28. The Morgan fingerprint density at radius 1 is 1.30 bits per heavy atom. The van der Waals surface area contributed by atoms with Crippen LogP contribution in [0.25, 0.3) is 21.3 Å². The molecule has 3 aromatic rings. The number of pyridine rings is 1. The molecule has 2 aromatic heterocycles. The number of hydrogen-bond donors (Lipinski definition) is 3. The fraction of sp³-hybridized carbons (Fsp3) is 0.423. The molecule has 1 unspecified atom stereocenters. The SMILES string of the molecule is CCc1sc2nc(C)c(C(OC(C)(C)C)C(=O)O)c(-c3cccc(NC)c3C=N)c2c1CC. The van der Waals surface area contributed by atoms with Crippen LogP contribution in [0.1, 0.15) is 68.0 Å². The molecule has 0 amide bonds. The number of ether oxygens (including phenoxy) is 1. The van der Waals surface area contributed by atoms with Crippen LogP contribution in [0.5, 0.6) is 0 Å². The van der Waals surface area contributed by atoms with E-state index in [-0.39, 0.29) is 0 Å². The number of hydrogen-bond acceptors (Lipinski definition) is 6. The maximum Gasteiger partial charge on any atom is 0.337 e. The van der Waals surface area contributed by atoms with Gasteiger partial charge in [-0.2, -0.15) is 0 Å². The molecule has 0 aliphatic rings. The van der Waals surface area contributed by atoms with Crippen LogP contribution in [0.2, 0.25) is 0 Å². The lowest BCUT2D eigenvalue weighted by Gasteiger charge is -2.28. The number of thiophene rings is 1.